The Kier molecular flexibility index (Phi) is 3.49. The smallest absolute Gasteiger partial charge is 0.208 e. The number of hydrogen-bond donors (Lipinski definition) is 2. The Labute approximate surface area is 85.5 Å². The number of aliphatic hydroxyl groups is 1. The van der Waals surface area contributed by atoms with Crippen LogP contribution in [0.5, 0.6) is 0 Å². The molecule has 0 aliphatic heterocycles. The summed E-state index contributed by atoms with van der Waals surface area (Å²) in [7, 11) is 0. The van der Waals surface area contributed by atoms with Crippen LogP contribution in [0.2, 0.25) is 4.34 Å². The summed E-state index contributed by atoms with van der Waals surface area (Å²) in [6.07, 6.45) is 1.53. The second kappa shape index (κ2) is 4.23. The average molecular weight is 223 g/mol. The normalized spacial score (nSPS) is 11.7. The molecule has 0 spiro atoms. The number of rotatable bonds is 4. The van der Waals surface area contributed by atoms with Crippen LogP contribution in [0.25, 0.3) is 0 Å². The van der Waals surface area contributed by atoms with E-state index in [1.807, 2.05) is 0 Å². The van der Waals surface area contributed by atoms with Gasteiger partial charge in [-0.3, -0.25) is 4.84 Å². The van der Waals surface area contributed by atoms with Crippen LogP contribution in [0.3, 0.4) is 0 Å². The van der Waals surface area contributed by atoms with Gasteiger partial charge in [0.15, 0.2) is 0 Å². The Morgan fingerprint density at radius 2 is 2.46 bits per heavy atom. The lowest BCUT2D eigenvalue weighted by molar-refractivity contribution is -0.00282. The molecule has 0 amide bonds. The summed E-state index contributed by atoms with van der Waals surface area (Å²) in [5, 5.41) is 9.87. The molecule has 0 unspecified atom stereocenters. The van der Waals surface area contributed by atoms with Crippen LogP contribution in [0.1, 0.15) is 13.8 Å². The zero-order chi connectivity index (χ0) is 9.90. The third kappa shape index (κ3) is 4.42. The molecule has 1 aromatic rings. The van der Waals surface area contributed by atoms with E-state index in [0.29, 0.717) is 9.47 Å². The van der Waals surface area contributed by atoms with E-state index in [0.717, 1.165) is 0 Å². The van der Waals surface area contributed by atoms with Gasteiger partial charge in [0.1, 0.15) is 10.9 Å². The number of nitrogens with one attached hydrogen (secondary N) is 1. The van der Waals surface area contributed by atoms with E-state index in [9.17, 15) is 5.11 Å². The number of nitrogens with zero attached hydrogens (tertiary/aromatic N) is 1. The first-order valence-corrected chi connectivity index (χ1v) is 4.88. The summed E-state index contributed by atoms with van der Waals surface area (Å²) in [6, 6.07) is 0. The lowest BCUT2D eigenvalue weighted by atomic mass is 10.2. The van der Waals surface area contributed by atoms with Gasteiger partial charge in [-0.25, -0.2) is 10.5 Å². The van der Waals surface area contributed by atoms with Crippen LogP contribution in [0, 0.1) is 0 Å². The zero-order valence-electron chi connectivity index (χ0n) is 7.37. The van der Waals surface area contributed by atoms with Gasteiger partial charge in [-0.15, -0.1) is 0 Å². The van der Waals surface area contributed by atoms with Crippen molar-refractivity contribution in [1.29, 1.82) is 0 Å². The van der Waals surface area contributed by atoms with Crippen molar-refractivity contribution in [2.75, 3.05) is 12.1 Å². The van der Waals surface area contributed by atoms with E-state index in [1.54, 1.807) is 13.8 Å². The fourth-order valence-electron chi connectivity index (χ4n) is 0.576. The fourth-order valence-corrected chi connectivity index (χ4v) is 1.34. The van der Waals surface area contributed by atoms with E-state index in [4.69, 9.17) is 16.4 Å². The number of aromatic nitrogens is 1. The second-order valence-corrected chi connectivity index (χ2v) is 4.83. The molecule has 1 aromatic heterocycles. The molecular formula is C7H11ClN2O2S. The number of hydrogen-bond acceptors (Lipinski definition) is 5. The maximum Gasteiger partial charge on any atom is 0.208 e. The summed E-state index contributed by atoms with van der Waals surface area (Å²) < 4.78 is 0.592. The van der Waals surface area contributed by atoms with Crippen molar-refractivity contribution in [3.8, 4) is 0 Å². The molecule has 0 saturated heterocycles. The quantitative estimate of drug-likeness (QED) is 0.765. The number of halogens is 1. The van der Waals surface area contributed by atoms with Gasteiger partial charge < -0.3 is 5.11 Å². The maximum atomic E-state index is 9.29. The molecular weight excluding hydrogens is 212 g/mol. The van der Waals surface area contributed by atoms with Gasteiger partial charge in [0.05, 0.1) is 11.8 Å². The molecule has 0 aliphatic rings. The first-order valence-electron chi connectivity index (χ1n) is 3.69. The van der Waals surface area contributed by atoms with E-state index < -0.39 is 5.60 Å². The Bertz CT molecular complexity index is 272. The SMILES string of the molecule is CC(C)(O)CONc1ncc(Cl)s1. The predicted octanol–water partition coefficient (Wildman–Crippen LogP) is 1.91. The molecule has 0 aromatic carbocycles. The van der Waals surface area contributed by atoms with Gasteiger partial charge in [0.25, 0.3) is 0 Å². The maximum absolute atomic E-state index is 9.29. The van der Waals surface area contributed by atoms with Gasteiger partial charge in [0.2, 0.25) is 5.13 Å². The molecule has 0 bridgehead atoms. The minimum atomic E-state index is -0.853. The molecule has 0 fully saturated rings. The highest BCUT2D eigenvalue weighted by Crippen LogP contribution is 2.22. The van der Waals surface area contributed by atoms with Crippen molar-refractivity contribution in [1.82, 2.24) is 4.98 Å². The van der Waals surface area contributed by atoms with E-state index in [1.165, 1.54) is 17.5 Å². The first kappa shape index (κ1) is 10.7. The molecule has 1 rings (SSSR count). The predicted molar refractivity (Wildman–Crippen MR) is 53.0 cm³/mol. The van der Waals surface area contributed by atoms with Crippen molar-refractivity contribution in [2.24, 2.45) is 0 Å². The van der Waals surface area contributed by atoms with Gasteiger partial charge in [-0.2, -0.15) is 0 Å². The van der Waals surface area contributed by atoms with Crippen LogP contribution >= 0.6 is 22.9 Å². The van der Waals surface area contributed by atoms with Gasteiger partial charge >= 0.3 is 0 Å². The van der Waals surface area contributed by atoms with Crippen LogP contribution in [-0.2, 0) is 4.84 Å². The molecule has 13 heavy (non-hydrogen) atoms. The highest BCUT2D eigenvalue weighted by molar-refractivity contribution is 7.19. The van der Waals surface area contributed by atoms with E-state index >= 15 is 0 Å². The van der Waals surface area contributed by atoms with Gasteiger partial charge in [-0.1, -0.05) is 22.9 Å². The summed E-state index contributed by atoms with van der Waals surface area (Å²) >= 11 is 6.92. The van der Waals surface area contributed by atoms with Crippen LogP contribution in [-0.4, -0.2) is 22.3 Å². The van der Waals surface area contributed by atoms with Crippen LogP contribution < -0.4 is 5.48 Å². The number of thiazole rings is 1. The molecule has 74 valence electrons. The summed E-state index contributed by atoms with van der Waals surface area (Å²) in [5.41, 5.74) is 1.73. The van der Waals surface area contributed by atoms with E-state index in [-0.39, 0.29) is 6.61 Å². The minimum absolute atomic E-state index is 0.185. The van der Waals surface area contributed by atoms with Crippen molar-refractivity contribution in [2.45, 2.75) is 19.4 Å². The average Bonchev–Trinajstić information content (AvgIpc) is 2.33. The molecule has 1 heterocycles. The standard InChI is InChI=1S/C7H11ClN2O2S/c1-7(2,11)4-12-10-6-9-3-5(8)13-6/h3,11H,4H2,1-2H3,(H,9,10). The molecule has 6 heteroatoms. The Balaban J connectivity index is 2.28. The molecule has 0 saturated carbocycles. The molecule has 2 N–H and O–H groups in total. The van der Waals surface area contributed by atoms with Crippen molar-refractivity contribution in [3.05, 3.63) is 10.5 Å². The van der Waals surface area contributed by atoms with Crippen molar-refractivity contribution in [3.63, 3.8) is 0 Å². The summed E-state index contributed by atoms with van der Waals surface area (Å²) in [6.45, 7) is 3.50. The monoisotopic (exact) mass is 222 g/mol. The highest BCUT2D eigenvalue weighted by atomic mass is 35.5. The number of anilines is 1. The lowest BCUT2D eigenvalue weighted by Crippen LogP contribution is -2.27. The van der Waals surface area contributed by atoms with E-state index in [2.05, 4.69) is 10.5 Å². The fraction of sp³-hybridized carbons (Fsp3) is 0.571. The third-order valence-electron chi connectivity index (χ3n) is 1.06. The third-order valence-corrected chi connectivity index (χ3v) is 2.07. The van der Waals surface area contributed by atoms with Crippen molar-refractivity contribution >= 4 is 28.1 Å². The summed E-state index contributed by atoms with van der Waals surface area (Å²) in [4.78, 5) is 8.89. The summed E-state index contributed by atoms with van der Waals surface area (Å²) in [5.74, 6) is 0. The molecule has 4 nitrogen and oxygen atoms in total. The molecule has 0 radical (unpaired) electrons. The topological polar surface area (TPSA) is 54.4 Å². The van der Waals surface area contributed by atoms with Crippen molar-refractivity contribution < 1.29 is 9.94 Å². The van der Waals surface area contributed by atoms with Gasteiger partial charge in [0, 0.05) is 0 Å². The zero-order valence-corrected chi connectivity index (χ0v) is 8.95. The minimum Gasteiger partial charge on any atom is -0.388 e. The van der Waals surface area contributed by atoms with Crippen LogP contribution in [0.4, 0.5) is 5.13 Å². The Morgan fingerprint density at radius 3 is 2.92 bits per heavy atom. The first-order chi connectivity index (χ1) is 5.97. The second-order valence-electron chi connectivity index (χ2n) is 3.17. The lowest BCUT2D eigenvalue weighted by Gasteiger charge is -2.16. The Hall–Kier alpha value is -0.360. The molecule has 0 atom stereocenters. The van der Waals surface area contributed by atoms with Gasteiger partial charge in [-0.05, 0) is 13.8 Å². The Morgan fingerprint density at radius 1 is 1.77 bits per heavy atom. The van der Waals surface area contributed by atoms with Crippen LogP contribution in [0.15, 0.2) is 6.20 Å². The largest absolute Gasteiger partial charge is 0.388 e. The molecule has 0 aliphatic carbocycles. The highest BCUT2D eigenvalue weighted by Gasteiger charge is 2.12.